The quantitative estimate of drug-likeness (QED) is 0.586. The molecule has 146 valence electrons. The van der Waals surface area contributed by atoms with Crippen molar-refractivity contribution in [3.63, 3.8) is 0 Å². The van der Waals surface area contributed by atoms with Crippen molar-refractivity contribution in [3.05, 3.63) is 53.1 Å². The number of carbonyl (C=O) groups excluding carboxylic acids is 3. The lowest BCUT2D eigenvalue weighted by Crippen LogP contribution is -2.24. The maximum atomic E-state index is 12.7. The molecule has 0 atom stereocenters. The second-order valence-corrected chi connectivity index (χ2v) is 6.45. The molecule has 1 aliphatic heterocycles. The maximum absolute atomic E-state index is 12.7. The Kier molecular flexibility index (Phi) is 5.63. The predicted octanol–water partition coefficient (Wildman–Crippen LogP) is 3.35. The van der Waals surface area contributed by atoms with Gasteiger partial charge in [-0.3, -0.25) is 19.3 Å². The fourth-order valence-corrected chi connectivity index (χ4v) is 2.88. The molecule has 0 bridgehead atoms. The van der Waals surface area contributed by atoms with Gasteiger partial charge in [0.25, 0.3) is 17.7 Å². The molecule has 3 amide bonds. The van der Waals surface area contributed by atoms with Crippen molar-refractivity contribution < 1.29 is 23.9 Å². The lowest BCUT2D eigenvalue weighted by atomic mass is 10.1. The molecule has 0 fully saturated rings. The number of hydrogen-bond acceptors (Lipinski definition) is 5. The van der Waals surface area contributed by atoms with Crippen molar-refractivity contribution in [2.45, 2.75) is 19.8 Å². The molecule has 0 unspecified atom stereocenters. The molecular weight excluding hydrogens is 360 g/mol. The first kappa shape index (κ1) is 19.4. The summed E-state index contributed by atoms with van der Waals surface area (Å²) in [5.41, 5.74) is 1.28. The molecule has 7 heteroatoms. The van der Waals surface area contributed by atoms with Gasteiger partial charge in [0.2, 0.25) is 0 Å². The van der Waals surface area contributed by atoms with Crippen LogP contribution in [0.15, 0.2) is 36.4 Å². The molecule has 0 aliphatic carbocycles. The number of benzene rings is 2. The highest BCUT2D eigenvalue weighted by Crippen LogP contribution is 2.30. The van der Waals surface area contributed by atoms with Gasteiger partial charge in [0.15, 0.2) is 0 Å². The fraction of sp³-hybridized carbons (Fsp3) is 0.286. The van der Waals surface area contributed by atoms with Crippen LogP contribution in [0, 0.1) is 0 Å². The fourth-order valence-electron chi connectivity index (χ4n) is 2.88. The third-order valence-electron chi connectivity index (χ3n) is 4.54. The summed E-state index contributed by atoms with van der Waals surface area (Å²) in [5, 5.41) is 2.80. The Morgan fingerprint density at radius 2 is 1.82 bits per heavy atom. The van der Waals surface area contributed by atoms with Crippen molar-refractivity contribution in [2.75, 3.05) is 26.1 Å². The standard InChI is InChI=1S/C21H22N2O5/c1-4-5-10-28-18-9-7-14(27-3)12-17(18)22-19(24)13-6-8-15-16(11-13)21(26)23(2)20(15)25/h6-9,11-12H,4-5,10H2,1-3H3,(H,22,24). The first-order valence-corrected chi connectivity index (χ1v) is 9.05. The van der Waals surface area contributed by atoms with Crippen molar-refractivity contribution in [3.8, 4) is 11.5 Å². The van der Waals surface area contributed by atoms with Crippen LogP contribution in [0.4, 0.5) is 5.69 Å². The minimum Gasteiger partial charge on any atom is -0.497 e. The van der Waals surface area contributed by atoms with Crippen molar-refractivity contribution in [2.24, 2.45) is 0 Å². The van der Waals surface area contributed by atoms with Crippen LogP contribution in [0.2, 0.25) is 0 Å². The Morgan fingerprint density at radius 1 is 1.07 bits per heavy atom. The Bertz CT molecular complexity index is 938. The molecule has 1 N–H and O–H groups in total. The average Bonchev–Trinajstić information content (AvgIpc) is 2.93. The van der Waals surface area contributed by atoms with Crippen LogP contribution in [0.3, 0.4) is 0 Å². The molecule has 1 aliphatic rings. The highest BCUT2D eigenvalue weighted by atomic mass is 16.5. The van der Waals surface area contributed by atoms with Gasteiger partial charge in [0, 0.05) is 18.7 Å². The molecule has 0 spiro atoms. The summed E-state index contributed by atoms with van der Waals surface area (Å²) < 4.78 is 11.0. The van der Waals surface area contributed by atoms with Gasteiger partial charge in [0.1, 0.15) is 11.5 Å². The van der Waals surface area contributed by atoms with E-state index in [2.05, 4.69) is 12.2 Å². The summed E-state index contributed by atoms with van der Waals surface area (Å²) >= 11 is 0. The van der Waals surface area contributed by atoms with Gasteiger partial charge >= 0.3 is 0 Å². The lowest BCUT2D eigenvalue weighted by molar-refractivity contribution is 0.0693. The lowest BCUT2D eigenvalue weighted by Gasteiger charge is -2.14. The number of nitrogens with one attached hydrogen (secondary N) is 1. The minimum absolute atomic E-state index is 0.227. The van der Waals surface area contributed by atoms with E-state index in [1.54, 1.807) is 18.2 Å². The topological polar surface area (TPSA) is 84.9 Å². The number of rotatable bonds is 7. The molecule has 2 aromatic carbocycles. The maximum Gasteiger partial charge on any atom is 0.261 e. The SMILES string of the molecule is CCCCOc1ccc(OC)cc1NC(=O)c1ccc2c(c1)C(=O)N(C)C2=O. The van der Waals surface area contributed by atoms with Crippen molar-refractivity contribution in [1.29, 1.82) is 0 Å². The minimum atomic E-state index is -0.417. The molecule has 0 aromatic heterocycles. The van der Waals surface area contributed by atoms with E-state index in [1.807, 2.05) is 0 Å². The van der Waals surface area contributed by atoms with Gasteiger partial charge in [-0.15, -0.1) is 0 Å². The third kappa shape index (κ3) is 3.69. The Labute approximate surface area is 163 Å². The number of nitrogens with zero attached hydrogens (tertiary/aromatic N) is 1. The Morgan fingerprint density at radius 3 is 2.54 bits per heavy atom. The summed E-state index contributed by atoms with van der Waals surface area (Å²) in [5.74, 6) is -0.0820. The van der Waals surface area contributed by atoms with Crippen LogP contribution in [0.25, 0.3) is 0 Å². The smallest absolute Gasteiger partial charge is 0.261 e. The summed E-state index contributed by atoms with van der Waals surface area (Å²) in [4.78, 5) is 37.9. The van der Waals surface area contributed by atoms with Crippen LogP contribution in [0.1, 0.15) is 50.8 Å². The number of amides is 3. The second kappa shape index (κ2) is 8.12. The third-order valence-corrected chi connectivity index (χ3v) is 4.54. The molecular formula is C21H22N2O5. The molecule has 0 radical (unpaired) electrons. The van der Waals surface area contributed by atoms with Crippen LogP contribution in [0.5, 0.6) is 11.5 Å². The van der Waals surface area contributed by atoms with Gasteiger partial charge in [0.05, 0.1) is 30.5 Å². The first-order valence-electron chi connectivity index (χ1n) is 9.05. The Hall–Kier alpha value is -3.35. The van der Waals surface area contributed by atoms with Gasteiger partial charge in [-0.25, -0.2) is 0 Å². The number of hydrogen-bond donors (Lipinski definition) is 1. The normalized spacial score (nSPS) is 12.8. The largest absolute Gasteiger partial charge is 0.497 e. The summed E-state index contributed by atoms with van der Waals surface area (Å²) in [6, 6.07) is 9.63. The van der Waals surface area contributed by atoms with Crippen LogP contribution in [-0.4, -0.2) is 43.4 Å². The number of methoxy groups -OCH3 is 1. The summed E-state index contributed by atoms with van der Waals surface area (Å²) in [6.07, 6.45) is 1.89. The number of imide groups is 1. The predicted molar refractivity (Wildman–Crippen MR) is 104 cm³/mol. The first-order chi connectivity index (χ1) is 13.5. The van der Waals surface area contributed by atoms with Crippen molar-refractivity contribution in [1.82, 2.24) is 4.90 Å². The van der Waals surface area contributed by atoms with E-state index in [1.165, 1.54) is 32.4 Å². The van der Waals surface area contributed by atoms with E-state index in [9.17, 15) is 14.4 Å². The average molecular weight is 382 g/mol. The number of carbonyl (C=O) groups is 3. The van der Waals surface area contributed by atoms with Gasteiger partial charge in [-0.2, -0.15) is 0 Å². The number of fused-ring (bicyclic) bond motifs is 1. The highest BCUT2D eigenvalue weighted by Gasteiger charge is 2.33. The summed E-state index contributed by atoms with van der Waals surface area (Å²) in [7, 11) is 2.96. The van der Waals surface area contributed by atoms with Gasteiger partial charge < -0.3 is 14.8 Å². The molecule has 0 saturated carbocycles. The van der Waals surface area contributed by atoms with Crippen molar-refractivity contribution >= 4 is 23.4 Å². The molecule has 28 heavy (non-hydrogen) atoms. The molecule has 2 aromatic rings. The summed E-state index contributed by atoms with van der Waals surface area (Å²) in [6.45, 7) is 2.60. The molecule has 3 rings (SSSR count). The Balaban J connectivity index is 1.85. The van der Waals surface area contributed by atoms with E-state index >= 15 is 0 Å². The zero-order valence-electron chi connectivity index (χ0n) is 16.1. The molecule has 7 nitrogen and oxygen atoms in total. The number of anilines is 1. The zero-order valence-corrected chi connectivity index (χ0v) is 16.1. The number of unbranched alkanes of at least 4 members (excludes halogenated alkanes) is 1. The van der Waals surface area contributed by atoms with Gasteiger partial charge in [-0.1, -0.05) is 13.3 Å². The highest BCUT2D eigenvalue weighted by molar-refractivity contribution is 6.22. The zero-order chi connectivity index (χ0) is 20.3. The van der Waals surface area contributed by atoms with E-state index < -0.39 is 11.8 Å². The molecule has 0 saturated heterocycles. The van der Waals surface area contributed by atoms with Crippen LogP contribution in [-0.2, 0) is 0 Å². The second-order valence-electron chi connectivity index (χ2n) is 6.45. The van der Waals surface area contributed by atoms with Gasteiger partial charge in [-0.05, 0) is 36.8 Å². The van der Waals surface area contributed by atoms with Crippen LogP contribution >= 0.6 is 0 Å². The van der Waals surface area contributed by atoms with E-state index in [0.29, 0.717) is 29.4 Å². The van der Waals surface area contributed by atoms with E-state index in [0.717, 1.165) is 17.7 Å². The van der Waals surface area contributed by atoms with E-state index in [4.69, 9.17) is 9.47 Å². The monoisotopic (exact) mass is 382 g/mol. The number of ether oxygens (including phenoxy) is 2. The van der Waals surface area contributed by atoms with E-state index in [-0.39, 0.29) is 17.0 Å². The molecule has 1 heterocycles. The van der Waals surface area contributed by atoms with Crippen LogP contribution < -0.4 is 14.8 Å².